The van der Waals surface area contributed by atoms with Gasteiger partial charge in [-0.2, -0.15) is 0 Å². The predicted octanol–water partition coefficient (Wildman–Crippen LogP) is 0.303. The van der Waals surface area contributed by atoms with E-state index in [4.69, 9.17) is 4.74 Å². The highest BCUT2D eigenvalue weighted by Crippen LogP contribution is 2.45. The molecule has 2 aliphatic heterocycles. The summed E-state index contributed by atoms with van der Waals surface area (Å²) in [6.45, 7) is 14.7. The molecule has 2 N–H and O–H groups in total. The van der Waals surface area contributed by atoms with Crippen molar-refractivity contribution in [3.8, 4) is 0 Å². The first-order chi connectivity index (χ1) is 16.5. The van der Waals surface area contributed by atoms with E-state index in [1.54, 1.807) is 0 Å². The Labute approximate surface area is 227 Å². The number of likely N-dealkylation sites (tertiary alicyclic amines) is 1. The molecule has 7 nitrogen and oxygen atoms in total. The third-order valence-corrected chi connectivity index (χ3v) is 8.66. The number of likely N-dealkylation sites (N-methyl/N-ethyl adjacent to an activating group) is 2. The minimum Gasteiger partial charge on any atom is -1.00 e. The van der Waals surface area contributed by atoms with E-state index < -0.39 is 0 Å². The maximum Gasteiger partial charge on any atom is 0.317 e. The molecule has 5 rings (SSSR count). The number of hydrogen-bond donors (Lipinski definition) is 2. The Morgan fingerprint density at radius 1 is 1.23 bits per heavy atom. The SMILES string of the molecule is CCN(CC)C(=O)N[C@H]1C[C@@H]2c3cccc4[nH]c(C[N+]5(C)CCOCC5)c(c34)C[C@H]2N(CC)C1.[I-]. The van der Waals surface area contributed by atoms with Gasteiger partial charge in [-0.3, -0.25) is 4.90 Å². The van der Waals surface area contributed by atoms with Crippen LogP contribution in [-0.4, -0.2) is 96.9 Å². The van der Waals surface area contributed by atoms with E-state index >= 15 is 0 Å². The molecule has 1 aromatic heterocycles. The van der Waals surface area contributed by atoms with E-state index in [0.717, 1.165) is 76.4 Å². The molecule has 2 fully saturated rings. The van der Waals surface area contributed by atoms with Gasteiger partial charge in [0.2, 0.25) is 0 Å². The van der Waals surface area contributed by atoms with Gasteiger partial charge in [-0.25, -0.2) is 4.79 Å². The van der Waals surface area contributed by atoms with E-state index in [1.807, 2.05) is 18.7 Å². The highest BCUT2D eigenvalue weighted by Gasteiger charge is 2.42. The average molecular weight is 596 g/mol. The summed E-state index contributed by atoms with van der Waals surface area (Å²) in [5, 5.41) is 4.81. The summed E-state index contributed by atoms with van der Waals surface area (Å²) >= 11 is 0. The summed E-state index contributed by atoms with van der Waals surface area (Å²) in [4.78, 5) is 21.2. The van der Waals surface area contributed by atoms with Crippen molar-refractivity contribution in [1.82, 2.24) is 20.1 Å². The number of ether oxygens (including phenoxy) is 1. The van der Waals surface area contributed by atoms with Gasteiger partial charge in [-0.05, 0) is 50.4 Å². The largest absolute Gasteiger partial charge is 1.00 e. The van der Waals surface area contributed by atoms with Crippen molar-refractivity contribution in [2.24, 2.45) is 0 Å². The molecule has 0 unspecified atom stereocenters. The van der Waals surface area contributed by atoms with Crippen LogP contribution in [0, 0.1) is 0 Å². The van der Waals surface area contributed by atoms with Crippen molar-refractivity contribution in [1.29, 1.82) is 0 Å². The minimum absolute atomic E-state index is 0. The Morgan fingerprint density at radius 3 is 2.66 bits per heavy atom. The number of urea groups is 1. The van der Waals surface area contributed by atoms with Crippen LogP contribution in [0.5, 0.6) is 0 Å². The van der Waals surface area contributed by atoms with Gasteiger partial charge < -0.3 is 48.4 Å². The second-order valence-electron chi connectivity index (χ2n) is 10.7. The third kappa shape index (κ3) is 5.08. The lowest BCUT2D eigenvalue weighted by Crippen LogP contribution is -3.00. The smallest absolute Gasteiger partial charge is 0.317 e. The van der Waals surface area contributed by atoms with Crippen molar-refractivity contribution in [3.63, 3.8) is 0 Å². The lowest BCUT2D eigenvalue weighted by molar-refractivity contribution is -0.929. The third-order valence-electron chi connectivity index (χ3n) is 8.66. The van der Waals surface area contributed by atoms with Crippen molar-refractivity contribution >= 4 is 16.9 Å². The van der Waals surface area contributed by atoms with Crippen LogP contribution in [0.3, 0.4) is 0 Å². The molecule has 0 spiro atoms. The summed E-state index contributed by atoms with van der Waals surface area (Å²) in [6, 6.07) is 7.55. The molecule has 3 aliphatic rings. The fourth-order valence-electron chi connectivity index (χ4n) is 6.66. The zero-order chi connectivity index (χ0) is 23.9. The molecular formula is C27H42IN5O2. The van der Waals surface area contributed by atoms with Gasteiger partial charge in [0.05, 0.1) is 26.0 Å². The second-order valence-corrected chi connectivity index (χ2v) is 10.7. The number of aromatic amines is 1. The monoisotopic (exact) mass is 595 g/mol. The highest BCUT2D eigenvalue weighted by molar-refractivity contribution is 5.89. The number of piperidine rings is 1. The van der Waals surface area contributed by atoms with Crippen molar-refractivity contribution < 1.29 is 38.0 Å². The molecule has 3 atom stereocenters. The number of amides is 2. The molecule has 0 bridgehead atoms. The number of rotatable bonds is 6. The van der Waals surface area contributed by atoms with Gasteiger partial charge in [0, 0.05) is 48.5 Å². The highest BCUT2D eigenvalue weighted by atomic mass is 127. The number of halogens is 1. The number of carbonyl (C=O) groups excluding carboxylic acids is 1. The fraction of sp³-hybridized carbons (Fsp3) is 0.667. The number of nitrogens with zero attached hydrogens (tertiary/aromatic N) is 3. The quantitative estimate of drug-likeness (QED) is 0.374. The molecule has 194 valence electrons. The lowest BCUT2D eigenvalue weighted by atomic mass is 9.73. The molecule has 1 aromatic carbocycles. The molecule has 0 radical (unpaired) electrons. The second kappa shape index (κ2) is 10.9. The van der Waals surface area contributed by atoms with E-state index in [1.165, 1.54) is 27.7 Å². The zero-order valence-corrected chi connectivity index (χ0v) is 23.9. The normalized spacial score (nSPS) is 25.5. The topological polar surface area (TPSA) is 60.6 Å². The maximum atomic E-state index is 12.8. The first-order valence-corrected chi connectivity index (χ1v) is 13.3. The Kier molecular flexibility index (Phi) is 8.35. The zero-order valence-electron chi connectivity index (χ0n) is 21.8. The molecule has 8 heteroatoms. The summed E-state index contributed by atoms with van der Waals surface area (Å²) in [6.07, 6.45) is 2.11. The van der Waals surface area contributed by atoms with Crippen LogP contribution >= 0.6 is 0 Å². The number of quaternary nitrogens is 1. The van der Waals surface area contributed by atoms with Crippen molar-refractivity contribution in [2.45, 2.75) is 58.2 Å². The average Bonchev–Trinajstić information content (AvgIpc) is 3.17. The Morgan fingerprint density at radius 2 is 1.97 bits per heavy atom. The number of fused-ring (bicyclic) bond motifs is 2. The van der Waals surface area contributed by atoms with Crippen LogP contribution in [0.15, 0.2) is 18.2 Å². The molecule has 0 saturated carbocycles. The Balaban J connectivity index is 0.00000289. The van der Waals surface area contributed by atoms with Crippen molar-refractivity contribution in [3.05, 3.63) is 35.0 Å². The summed E-state index contributed by atoms with van der Waals surface area (Å²) < 4.78 is 6.69. The Bertz CT molecular complexity index is 1030. The minimum atomic E-state index is 0. The number of benzene rings is 1. The molecule has 3 heterocycles. The molecule has 35 heavy (non-hydrogen) atoms. The van der Waals surface area contributed by atoms with Gasteiger partial charge in [0.1, 0.15) is 19.6 Å². The summed E-state index contributed by atoms with van der Waals surface area (Å²) in [5.41, 5.74) is 5.69. The van der Waals surface area contributed by atoms with E-state index in [0.29, 0.717) is 12.0 Å². The van der Waals surface area contributed by atoms with Crippen LogP contribution in [0.2, 0.25) is 0 Å². The lowest BCUT2D eigenvalue weighted by Gasteiger charge is -2.47. The Hall–Kier alpha value is -1.36. The molecule has 2 amide bonds. The summed E-state index contributed by atoms with van der Waals surface area (Å²) in [7, 11) is 2.37. The predicted molar refractivity (Wildman–Crippen MR) is 136 cm³/mol. The number of morpholine rings is 1. The molecular weight excluding hydrogens is 553 g/mol. The van der Waals surface area contributed by atoms with Gasteiger partial charge in [0.25, 0.3) is 0 Å². The van der Waals surface area contributed by atoms with E-state index in [9.17, 15) is 4.79 Å². The van der Waals surface area contributed by atoms with Crippen LogP contribution in [-0.2, 0) is 17.7 Å². The number of nitrogens with one attached hydrogen (secondary N) is 2. The number of carbonyl (C=O) groups is 1. The molecule has 2 aromatic rings. The van der Waals surface area contributed by atoms with Crippen molar-refractivity contribution in [2.75, 3.05) is 59.5 Å². The first-order valence-electron chi connectivity index (χ1n) is 13.3. The standard InChI is InChI=1S/C27H41N5O2.HI/c1-5-30(6-2)27(33)28-19-15-21-20-9-8-10-23-26(20)22(16-25(21)31(7-3)17-19)24(29-23)18-32(4)11-13-34-14-12-32;/h8-10,19,21,25,29H,5-7,11-18H2,1-4H3;1H/t19-,21+,25+;/m0./s1. The van der Waals surface area contributed by atoms with Gasteiger partial charge in [-0.1, -0.05) is 19.1 Å². The van der Waals surface area contributed by atoms with Gasteiger partial charge >= 0.3 is 6.03 Å². The van der Waals surface area contributed by atoms with Crippen LogP contribution in [0.4, 0.5) is 4.79 Å². The summed E-state index contributed by atoms with van der Waals surface area (Å²) in [5.74, 6) is 0.448. The number of hydrogen-bond acceptors (Lipinski definition) is 3. The molecule has 1 aliphatic carbocycles. The van der Waals surface area contributed by atoms with Gasteiger partial charge in [-0.15, -0.1) is 0 Å². The van der Waals surface area contributed by atoms with Crippen LogP contribution in [0.25, 0.3) is 10.9 Å². The van der Waals surface area contributed by atoms with Gasteiger partial charge in [0.15, 0.2) is 0 Å². The maximum absolute atomic E-state index is 12.8. The first kappa shape index (κ1) is 26.7. The number of aromatic nitrogens is 1. The number of H-pyrrole nitrogens is 1. The van der Waals surface area contributed by atoms with E-state index in [2.05, 4.69) is 47.4 Å². The van der Waals surface area contributed by atoms with Crippen LogP contribution < -0.4 is 29.3 Å². The van der Waals surface area contributed by atoms with E-state index in [-0.39, 0.29) is 36.0 Å². The van der Waals surface area contributed by atoms with Crippen LogP contribution in [0.1, 0.15) is 49.9 Å². The molecule has 2 saturated heterocycles. The fourth-order valence-corrected chi connectivity index (χ4v) is 6.66.